The van der Waals surface area contributed by atoms with Crippen molar-refractivity contribution in [1.29, 1.82) is 0 Å². The Kier molecular flexibility index (Phi) is 19.1. The van der Waals surface area contributed by atoms with Gasteiger partial charge >= 0.3 is 11.9 Å². The first-order valence-corrected chi connectivity index (χ1v) is 40.4. The number of hydrogen-bond acceptors (Lipinski definition) is 20. The van der Waals surface area contributed by atoms with E-state index in [-0.39, 0.29) is 75.2 Å². The molecule has 8 aliphatic rings. The van der Waals surface area contributed by atoms with E-state index >= 15 is 9.59 Å². The van der Waals surface area contributed by atoms with E-state index in [1.165, 1.54) is 9.80 Å². The number of Topliss-reactive ketones (excluding diaryl/α,β-unsaturated/α-hetero) is 2. The molecule has 0 unspecified atom stereocenters. The van der Waals surface area contributed by atoms with Crippen LogP contribution in [-0.4, -0.2) is 156 Å². The van der Waals surface area contributed by atoms with Crippen LogP contribution in [0.5, 0.6) is 23.3 Å². The fourth-order valence-corrected chi connectivity index (χ4v) is 18.7. The normalized spacial score (nSPS) is 32.7. The van der Waals surface area contributed by atoms with Gasteiger partial charge in [0.05, 0.1) is 84.4 Å². The number of nitrogens with zero attached hydrogens (tertiary/aromatic N) is 4. The number of methoxy groups -OCH3 is 2. The third-order valence-corrected chi connectivity index (χ3v) is 27.7. The van der Waals surface area contributed by atoms with Crippen LogP contribution in [0.1, 0.15) is 215 Å². The number of carbonyl (C=O) groups excluding carboxylic acids is 8. The lowest BCUT2D eigenvalue weighted by Gasteiger charge is -2.32. The fourth-order valence-electron chi connectivity index (χ4n) is 16.1. The molecule has 6 fully saturated rings. The van der Waals surface area contributed by atoms with E-state index in [0.717, 1.165) is 24.6 Å². The maximum atomic E-state index is 15.0. The topological polar surface area (TPSA) is 317 Å². The van der Waals surface area contributed by atoms with Gasteiger partial charge in [-0.05, 0) is 227 Å². The highest BCUT2D eigenvalue weighted by molar-refractivity contribution is 7.92. The number of fused-ring (bicyclic) bond motifs is 6. The predicted octanol–water partition coefficient (Wildman–Crippen LogP) is 11.8. The minimum atomic E-state index is -4.03. The van der Waals surface area contributed by atoms with Gasteiger partial charge in [-0.2, -0.15) is 0 Å². The minimum absolute atomic E-state index is 0.0101. The second-order valence-corrected chi connectivity index (χ2v) is 37.0. The molecule has 4 saturated carbocycles. The van der Waals surface area contributed by atoms with Crippen LogP contribution in [0.25, 0.3) is 21.5 Å². The summed E-state index contributed by atoms with van der Waals surface area (Å²) in [5.74, 6) is -8.71. The van der Waals surface area contributed by atoms with Crippen molar-refractivity contribution in [3.05, 3.63) is 85.2 Å². The van der Waals surface area contributed by atoms with Gasteiger partial charge in [0.1, 0.15) is 34.9 Å². The van der Waals surface area contributed by atoms with Gasteiger partial charge in [-0.15, -0.1) is 0 Å². The van der Waals surface area contributed by atoms with Crippen molar-refractivity contribution in [2.75, 3.05) is 27.3 Å². The number of carbonyl (C=O) groups is 8. The summed E-state index contributed by atoms with van der Waals surface area (Å²) in [6.07, 6.45) is 12.4. The fraction of sp³-hybridized carbons (Fsp3) is 0.634. The van der Waals surface area contributed by atoms with E-state index in [9.17, 15) is 45.6 Å². The lowest BCUT2D eigenvalue weighted by atomic mass is 9.82. The van der Waals surface area contributed by atoms with Crippen LogP contribution in [0.4, 0.5) is 0 Å². The quantitative estimate of drug-likeness (QED) is 0.0777. The number of aromatic nitrogens is 2. The van der Waals surface area contributed by atoms with Gasteiger partial charge in [-0.25, -0.2) is 26.8 Å². The van der Waals surface area contributed by atoms with Gasteiger partial charge in [-0.3, -0.25) is 47.8 Å². The lowest BCUT2D eigenvalue weighted by molar-refractivity contribution is -0.160. The van der Waals surface area contributed by atoms with Gasteiger partial charge < -0.3 is 38.2 Å². The Balaban J connectivity index is 0.000000235. The monoisotopic (exact) mass is 1540 g/mol. The van der Waals surface area contributed by atoms with Crippen molar-refractivity contribution in [1.82, 2.24) is 29.2 Å². The van der Waals surface area contributed by atoms with Crippen LogP contribution < -0.4 is 28.4 Å². The average molecular weight is 1540 g/mol. The van der Waals surface area contributed by atoms with Crippen LogP contribution in [0.3, 0.4) is 0 Å². The highest BCUT2D eigenvalue weighted by atomic mass is 32.2. The number of amides is 4. The number of rotatable bonds is 16. The average Bonchev–Trinajstić information content (AvgIpc) is 1.57. The molecule has 2 aromatic heterocycles. The third-order valence-electron chi connectivity index (χ3n) is 23.4. The molecule has 6 heterocycles. The first-order chi connectivity index (χ1) is 55.7. The number of pyridine rings is 2. The van der Waals surface area contributed by atoms with E-state index in [0.29, 0.717) is 86.5 Å². The molecule has 4 aliphatic heterocycles. The summed E-state index contributed by atoms with van der Waals surface area (Å²) in [6.45, 7) is -0.888. The number of hydrogen-bond donors (Lipinski definition) is 2. The largest absolute Gasteiger partial charge is 0.497 e. The molecule has 24 nitrogen and oxygen atoms in total. The summed E-state index contributed by atoms with van der Waals surface area (Å²) < 4.78 is 185. The van der Waals surface area contributed by atoms with Crippen LogP contribution in [0, 0.1) is 58.2 Å². The van der Waals surface area contributed by atoms with Crippen molar-refractivity contribution in [3.63, 3.8) is 0 Å². The van der Waals surface area contributed by atoms with Gasteiger partial charge in [0.15, 0.2) is 11.6 Å². The molecule has 2 aromatic carbocycles. The Morgan fingerprint density at radius 1 is 0.574 bits per heavy atom. The van der Waals surface area contributed by atoms with Crippen LogP contribution in [0.15, 0.2) is 85.2 Å². The van der Waals surface area contributed by atoms with Gasteiger partial charge in [-0.1, -0.05) is 52.0 Å². The smallest absolute Gasteiger partial charge is 0.307 e. The van der Waals surface area contributed by atoms with Crippen molar-refractivity contribution in [2.45, 2.75) is 243 Å². The standard InChI is InChI=1S/2C41H55N3O9S/c2*1-25-10-8-9-11-28-22-41(28,38(48)43-54(49,50)40(6)15-16-40)23-34(45)33-20-30(52-36-31-13-12-29(51-7)19-27(31)14-17-42-36)24-44(33)37(47)32(26(2)18-25)21-35(46)53-39(3,4)5/h2*9,11-14,17,19,25-26,28,30,32-33H,8,10,15-16,18,20-24H2,1-7H3,(H,43,48)/b2*11-9-/t25-,26+,28+,30+,32-,33-,41+;25-,26-,28-,30-,32+,33+,41-/m01/s1/i2*3D3,4D3. The van der Waals surface area contributed by atoms with Crippen LogP contribution in [-0.2, 0) is 67.9 Å². The maximum absolute atomic E-state index is 15.0. The van der Waals surface area contributed by atoms with E-state index in [1.807, 2.05) is 38.2 Å². The van der Waals surface area contributed by atoms with Crippen molar-refractivity contribution in [3.8, 4) is 23.3 Å². The third kappa shape index (κ3) is 18.4. The van der Waals surface area contributed by atoms with Gasteiger partial charge in [0, 0.05) is 65.3 Å². The number of ether oxygens (including phenoxy) is 6. The first kappa shape index (κ1) is 65.8. The zero-order valence-electron chi connectivity index (χ0n) is 75.1. The predicted molar refractivity (Wildman–Crippen MR) is 406 cm³/mol. The SMILES string of the molecule is [2H]C([2H])([2H])C(C)(OC(=O)C[C@@H]1C(=O)N2C[C@H](Oc3nccc4cc(OC)ccc34)C[C@H]2C(=O)C[C@]2(C(=O)NS(=O)(=O)C3(C)CC3)C[C@H]2/C=C\CC[C@@H](C)C[C@H]1C)C([2H])([2H])[2H].[2H]C([2H])([2H])C(C)(OC(=O)C[C@@H]1C(=O)N2C[C@H](Oc3nccc4cc(OC)ccc34)C[C@H]2C(=O)C[C@]2(C(=O)NS(=O)(=O)C3(C)CC3)C[C@H]2/C=C\CC[C@H](C)C[C@H]1C)C([2H])([2H])[2H]. The molecule has 588 valence electrons. The van der Waals surface area contributed by atoms with Crippen LogP contribution in [0.2, 0.25) is 0 Å². The van der Waals surface area contributed by atoms with Crippen LogP contribution >= 0.6 is 0 Å². The molecule has 0 bridgehead atoms. The molecule has 4 aliphatic carbocycles. The summed E-state index contributed by atoms with van der Waals surface area (Å²) in [4.78, 5) is 126. The summed E-state index contributed by atoms with van der Waals surface area (Å²) in [5, 5.41) is 2.81. The molecule has 4 amide bonds. The molecule has 26 heteroatoms. The van der Waals surface area contributed by atoms with E-state index in [4.69, 9.17) is 44.9 Å². The molecular formula is C82H110N6O18S2. The molecular weight excluding hydrogens is 1420 g/mol. The molecule has 0 radical (unpaired) electrons. The molecule has 4 aromatic rings. The molecule has 14 atom stereocenters. The van der Waals surface area contributed by atoms with E-state index in [2.05, 4.69) is 19.4 Å². The number of esters is 2. The number of benzene rings is 2. The van der Waals surface area contributed by atoms with Crippen molar-refractivity contribution in [2.24, 2.45) is 58.2 Å². The Morgan fingerprint density at radius 2 is 0.954 bits per heavy atom. The maximum Gasteiger partial charge on any atom is 0.307 e. The zero-order valence-corrected chi connectivity index (χ0v) is 64.7. The Labute approximate surface area is 652 Å². The Morgan fingerprint density at radius 3 is 1.31 bits per heavy atom. The molecule has 2 saturated heterocycles. The zero-order chi connectivity index (χ0) is 88.4. The molecule has 0 spiro atoms. The van der Waals surface area contributed by atoms with E-state index < -0.39 is 199 Å². The lowest BCUT2D eigenvalue weighted by Crippen LogP contribution is -2.48. The summed E-state index contributed by atoms with van der Waals surface area (Å²) in [5.41, 5.74) is -8.51. The number of sulfonamides is 2. The number of allylic oxidation sites excluding steroid dienone is 4. The highest BCUT2D eigenvalue weighted by Gasteiger charge is 2.65. The second kappa shape index (κ2) is 31.4. The van der Waals surface area contributed by atoms with Gasteiger partial charge in [0.2, 0.25) is 55.4 Å². The number of ketones is 2. The summed E-state index contributed by atoms with van der Waals surface area (Å²) >= 11 is 0. The van der Waals surface area contributed by atoms with Crippen molar-refractivity contribution < 1.29 is 100 Å². The van der Waals surface area contributed by atoms with E-state index in [1.54, 1.807) is 103 Å². The minimum Gasteiger partial charge on any atom is -0.497 e. The van der Waals surface area contributed by atoms with Gasteiger partial charge in [0.25, 0.3) is 0 Å². The summed E-state index contributed by atoms with van der Waals surface area (Å²) in [7, 11) is -4.98. The molecule has 108 heavy (non-hydrogen) atoms. The first-order valence-electron chi connectivity index (χ1n) is 43.4. The summed E-state index contributed by atoms with van der Waals surface area (Å²) in [6, 6.07) is 11.9. The Hall–Kier alpha value is -8.00. The number of nitrogens with one attached hydrogen (secondary N) is 2. The van der Waals surface area contributed by atoms with Crippen molar-refractivity contribution >= 4 is 88.7 Å². The Bertz CT molecular complexity index is 4590. The molecule has 12 rings (SSSR count). The molecule has 2 N–H and O–H groups in total. The highest BCUT2D eigenvalue weighted by Crippen LogP contribution is 2.59. The second-order valence-electron chi connectivity index (χ2n) is 32.6.